The molecule has 104 valence electrons. The number of carbonyl (C=O) groups excluding carboxylic acids is 2. The van der Waals surface area contributed by atoms with Crippen molar-refractivity contribution in [2.45, 2.75) is 13.3 Å². The Kier molecular flexibility index (Phi) is 3.89. The van der Waals surface area contributed by atoms with Gasteiger partial charge in [0.2, 0.25) is 11.8 Å². The molecule has 2 rings (SSSR count). The van der Waals surface area contributed by atoms with E-state index in [-0.39, 0.29) is 18.9 Å². The summed E-state index contributed by atoms with van der Waals surface area (Å²) in [5, 5.41) is 12.1. The molecular formula is C14H16N4O2. The molecule has 1 aliphatic heterocycles. The third-order valence-corrected chi connectivity index (χ3v) is 3.31. The maximum Gasteiger partial charge on any atom is 0.227 e. The average molecular weight is 272 g/mol. The summed E-state index contributed by atoms with van der Waals surface area (Å²) in [7, 11) is 0. The summed E-state index contributed by atoms with van der Waals surface area (Å²) in [5.74, 6) is -1.09. The zero-order valence-corrected chi connectivity index (χ0v) is 11.2. The van der Waals surface area contributed by atoms with E-state index in [1.807, 2.05) is 6.92 Å². The first-order valence-electron chi connectivity index (χ1n) is 6.44. The van der Waals surface area contributed by atoms with Crippen molar-refractivity contribution in [1.82, 2.24) is 0 Å². The summed E-state index contributed by atoms with van der Waals surface area (Å²) in [6, 6.07) is 7.16. The fraction of sp³-hybridized carbons (Fsp3) is 0.357. The lowest BCUT2D eigenvalue weighted by Gasteiger charge is -2.21. The highest BCUT2D eigenvalue weighted by Gasteiger charge is 2.34. The number of nitrogens with zero attached hydrogens (tertiary/aromatic N) is 2. The SMILES string of the molecule is CCNc1ccc(C#N)cc1N1CC(C(N)=O)CC1=O. The summed E-state index contributed by atoms with van der Waals surface area (Å²) in [6.45, 7) is 2.90. The van der Waals surface area contributed by atoms with Crippen LogP contribution in [0.3, 0.4) is 0 Å². The van der Waals surface area contributed by atoms with Gasteiger partial charge in [-0.15, -0.1) is 0 Å². The highest BCUT2D eigenvalue weighted by atomic mass is 16.2. The van der Waals surface area contributed by atoms with E-state index in [0.717, 1.165) is 5.69 Å². The molecule has 1 fully saturated rings. The molecule has 1 unspecified atom stereocenters. The maximum absolute atomic E-state index is 12.1. The predicted molar refractivity (Wildman–Crippen MR) is 75.0 cm³/mol. The lowest BCUT2D eigenvalue weighted by molar-refractivity contribution is -0.123. The van der Waals surface area contributed by atoms with Gasteiger partial charge in [-0.05, 0) is 25.1 Å². The molecule has 6 nitrogen and oxygen atoms in total. The third-order valence-electron chi connectivity index (χ3n) is 3.31. The van der Waals surface area contributed by atoms with Gasteiger partial charge in [-0.2, -0.15) is 5.26 Å². The zero-order chi connectivity index (χ0) is 14.7. The van der Waals surface area contributed by atoms with Crippen molar-refractivity contribution in [3.8, 4) is 6.07 Å². The molecule has 0 aromatic heterocycles. The number of anilines is 2. The zero-order valence-electron chi connectivity index (χ0n) is 11.2. The largest absolute Gasteiger partial charge is 0.384 e. The van der Waals surface area contributed by atoms with Crippen molar-refractivity contribution in [2.75, 3.05) is 23.3 Å². The van der Waals surface area contributed by atoms with E-state index in [0.29, 0.717) is 17.8 Å². The first-order valence-corrected chi connectivity index (χ1v) is 6.44. The van der Waals surface area contributed by atoms with Crippen LogP contribution in [0.15, 0.2) is 18.2 Å². The van der Waals surface area contributed by atoms with Crippen molar-refractivity contribution in [1.29, 1.82) is 5.26 Å². The molecule has 2 amide bonds. The summed E-state index contributed by atoms with van der Waals surface area (Å²) >= 11 is 0. The van der Waals surface area contributed by atoms with Crippen LogP contribution < -0.4 is 16.0 Å². The lowest BCUT2D eigenvalue weighted by atomic mass is 10.1. The van der Waals surface area contributed by atoms with Crippen molar-refractivity contribution in [2.24, 2.45) is 11.7 Å². The van der Waals surface area contributed by atoms with E-state index in [1.54, 1.807) is 18.2 Å². The normalized spacial score (nSPS) is 17.9. The van der Waals surface area contributed by atoms with Crippen LogP contribution in [0.5, 0.6) is 0 Å². The molecule has 0 aliphatic carbocycles. The number of amides is 2. The van der Waals surface area contributed by atoms with Crippen LogP contribution in [0, 0.1) is 17.2 Å². The molecule has 1 aliphatic rings. The number of nitrogens with one attached hydrogen (secondary N) is 1. The van der Waals surface area contributed by atoms with Gasteiger partial charge in [0.25, 0.3) is 0 Å². The van der Waals surface area contributed by atoms with Gasteiger partial charge in [-0.25, -0.2) is 0 Å². The fourth-order valence-electron chi connectivity index (χ4n) is 2.30. The fourth-order valence-corrected chi connectivity index (χ4v) is 2.30. The Morgan fingerprint density at radius 2 is 2.35 bits per heavy atom. The second-order valence-corrected chi connectivity index (χ2v) is 4.68. The molecule has 0 spiro atoms. The molecule has 0 radical (unpaired) electrons. The second kappa shape index (κ2) is 5.61. The van der Waals surface area contributed by atoms with Gasteiger partial charge in [-0.1, -0.05) is 0 Å². The standard InChI is InChI=1S/C14H16N4O2/c1-2-17-11-4-3-9(7-15)5-12(11)18-8-10(14(16)20)6-13(18)19/h3-5,10,17H,2,6,8H2,1H3,(H2,16,20). The molecule has 0 saturated carbocycles. The average Bonchev–Trinajstić information content (AvgIpc) is 2.82. The van der Waals surface area contributed by atoms with Gasteiger partial charge in [0, 0.05) is 19.5 Å². The van der Waals surface area contributed by atoms with Crippen LogP contribution in [0.1, 0.15) is 18.9 Å². The number of primary amides is 1. The Balaban J connectivity index is 2.38. The number of nitrogens with two attached hydrogens (primary N) is 1. The molecule has 1 aromatic carbocycles. The van der Waals surface area contributed by atoms with Crippen molar-refractivity contribution in [3.05, 3.63) is 23.8 Å². The number of carbonyl (C=O) groups is 2. The summed E-state index contributed by atoms with van der Waals surface area (Å²) in [4.78, 5) is 24.8. The Bertz CT molecular complexity index is 591. The number of nitriles is 1. The molecular weight excluding hydrogens is 256 g/mol. The molecule has 3 N–H and O–H groups in total. The van der Waals surface area contributed by atoms with Crippen LogP contribution in [-0.4, -0.2) is 24.9 Å². The van der Waals surface area contributed by atoms with E-state index < -0.39 is 11.8 Å². The third kappa shape index (κ3) is 2.57. The number of hydrogen-bond acceptors (Lipinski definition) is 4. The van der Waals surface area contributed by atoms with E-state index in [4.69, 9.17) is 11.0 Å². The minimum Gasteiger partial charge on any atom is -0.384 e. The number of hydrogen-bond donors (Lipinski definition) is 2. The van der Waals surface area contributed by atoms with Crippen LogP contribution in [0.4, 0.5) is 11.4 Å². The molecule has 1 aromatic rings. The summed E-state index contributed by atoms with van der Waals surface area (Å²) < 4.78 is 0. The molecule has 6 heteroatoms. The highest BCUT2D eigenvalue weighted by Crippen LogP contribution is 2.32. The molecule has 0 bridgehead atoms. The van der Waals surface area contributed by atoms with E-state index in [9.17, 15) is 9.59 Å². The van der Waals surface area contributed by atoms with E-state index >= 15 is 0 Å². The topological polar surface area (TPSA) is 99.2 Å². The molecule has 1 heterocycles. The Hall–Kier alpha value is -2.55. The predicted octanol–water partition coefficient (Wildman–Crippen LogP) is 0.828. The summed E-state index contributed by atoms with van der Waals surface area (Å²) in [6.07, 6.45) is 0.123. The van der Waals surface area contributed by atoms with Crippen LogP contribution in [-0.2, 0) is 9.59 Å². The van der Waals surface area contributed by atoms with E-state index in [1.165, 1.54) is 4.90 Å². The quantitative estimate of drug-likeness (QED) is 0.847. The van der Waals surface area contributed by atoms with Gasteiger partial charge in [0.15, 0.2) is 0 Å². The minimum absolute atomic E-state index is 0.123. The van der Waals surface area contributed by atoms with Crippen molar-refractivity contribution >= 4 is 23.2 Å². The van der Waals surface area contributed by atoms with Gasteiger partial charge in [0.1, 0.15) is 0 Å². The highest BCUT2D eigenvalue weighted by molar-refractivity contribution is 6.02. The van der Waals surface area contributed by atoms with Gasteiger partial charge in [0.05, 0.1) is 28.9 Å². The first kappa shape index (κ1) is 13.9. The first-order chi connectivity index (χ1) is 9.56. The van der Waals surface area contributed by atoms with Gasteiger partial charge < -0.3 is 16.0 Å². The molecule has 1 atom stereocenters. The van der Waals surface area contributed by atoms with Gasteiger partial charge in [-0.3, -0.25) is 9.59 Å². The van der Waals surface area contributed by atoms with E-state index in [2.05, 4.69) is 11.4 Å². The number of rotatable bonds is 4. The van der Waals surface area contributed by atoms with Crippen molar-refractivity contribution < 1.29 is 9.59 Å². The lowest BCUT2D eigenvalue weighted by Crippen LogP contribution is -2.29. The minimum atomic E-state index is -0.470. The van der Waals surface area contributed by atoms with Crippen LogP contribution in [0.25, 0.3) is 0 Å². The monoisotopic (exact) mass is 272 g/mol. The van der Waals surface area contributed by atoms with Crippen molar-refractivity contribution in [3.63, 3.8) is 0 Å². The Labute approximate surface area is 117 Å². The maximum atomic E-state index is 12.1. The Morgan fingerprint density at radius 1 is 1.60 bits per heavy atom. The Morgan fingerprint density at radius 3 is 2.90 bits per heavy atom. The van der Waals surface area contributed by atoms with Gasteiger partial charge >= 0.3 is 0 Å². The number of benzene rings is 1. The summed E-state index contributed by atoms with van der Waals surface area (Å²) in [5.41, 5.74) is 7.13. The smallest absolute Gasteiger partial charge is 0.227 e. The second-order valence-electron chi connectivity index (χ2n) is 4.68. The molecule has 1 saturated heterocycles. The van der Waals surface area contributed by atoms with Crippen LogP contribution >= 0.6 is 0 Å². The molecule has 20 heavy (non-hydrogen) atoms. The van der Waals surface area contributed by atoms with Crippen LogP contribution in [0.2, 0.25) is 0 Å².